The molecule has 0 aliphatic carbocycles. The summed E-state index contributed by atoms with van der Waals surface area (Å²) in [6.07, 6.45) is 0. The standard InChI is InChI=1S/C13H12Cl2N2O3/c1-18-8-5-4-7(11(19-2)12(8)20-3)13-16-9(14)6-10(15)17-13/h4-6H,1-3H3. The minimum absolute atomic E-state index is 0.247. The van der Waals surface area contributed by atoms with Gasteiger partial charge in [0.05, 0.1) is 26.9 Å². The van der Waals surface area contributed by atoms with Crippen LogP contribution >= 0.6 is 23.2 Å². The average Bonchev–Trinajstić information content (AvgIpc) is 2.44. The van der Waals surface area contributed by atoms with E-state index in [4.69, 9.17) is 37.4 Å². The van der Waals surface area contributed by atoms with E-state index in [1.165, 1.54) is 20.3 Å². The number of rotatable bonds is 4. The lowest BCUT2D eigenvalue weighted by Gasteiger charge is -2.15. The van der Waals surface area contributed by atoms with Crippen LogP contribution in [-0.4, -0.2) is 31.3 Å². The second-order valence-electron chi connectivity index (χ2n) is 3.72. The normalized spacial score (nSPS) is 10.2. The molecule has 0 fully saturated rings. The minimum Gasteiger partial charge on any atom is -0.493 e. The van der Waals surface area contributed by atoms with Crippen molar-refractivity contribution >= 4 is 23.2 Å². The molecule has 0 radical (unpaired) electrons. The van der Waals surface area contributed by atoms with Crippen LogP contribution in [0.3, 0.4) is 0 Å². The van der Waals surface area contributed by atoms with E-state index >= 15 is 0 Å². The highest BCUT2D eigenvalue weighted by molar-refractivity contribution is 6.33. The van der Waals surface area contributed by atoms with Crippen molar-refractivity contribution < 1.29 is 14.2 Å². The van der Waals surface area contributed by atoms with Crippen LogP contribution in [0, 0.1) is 0 Å². The Hall–Kier alpha value is -1.72. The van der Waals surface area contributed by atoms with Crippen LogP contribution < -0.4 is 14.2 Å². The Morgan fingerprint density at radius 3 is 1.95 bits per heavy atom. The Labute approximate surface area is 126 Å². The zero-order valence-corrected chi connectivity index (χ0v) is 12.6. The van der Waals surface area contributed by atoms with Crippen LogP contribution in [0.2, 0.25) is 10.3 Å². The lowest BCUT2D eigenvalue weighted by molar-refractivity contribution is 0.325. The van der Waals surface area contributed by atoms with Gasteiger partial charge in [-0.15, -0.1) is 0 Å². The summed E-state index contributed by atoms with van der Waals surface area (Å²) in [6.45, 7) is 0. The Balaban J connectivity index is 2.67. The molecule has 2 rings (SSSR count). The second kappa shape index (κ2) is 6.15. The molecule has 106 valence electrons. The van der Waals surface area contributed by atoms with Gasteiger partial charge >= 0.3 is 0 Å². The summed E-state index contributed by atoms with van der Waals surface area (Å²) in [5.41, 5.74) is 0.606. The van der Waals surface area contributed by atoms with E-state index in [0.717, 1.165) is 0 Å². The van der Waals surface area contributed by atoms with Crippen LogP contribution in [0.4, 0.5) is 0 Å². The molecule has 7 heteroatoms. The van der Waals surface area contributed by atoms with Crippen molar-refractivity contribution in [1.29, 1.82) is 0 Å². The van der Waals surface area contributed by atoms with E-state index in [0.29, 0.717) is 28.6 Å². The van der Waals surface area contributed by atoms with Crippen LogP contribution in [0.15, 0.2) is 18.2 Å². The van der Waals surface area contributed by atoms with Crippen LogP contribution in [0.5, 0.6) is 17.2 Å². The maximum absolute atomic E-state index is 5.90. The Kier molecular flexibility index (Phi) is 4.52. The third-order valence-electron chi connectivity index (χ3n) is 2.61. The van der Waals surface area contributed by atoms with Crippen molar-refractivity contribution in [3.8, 4) is 28.6 Å². The Bertz CT molecular complexity index is 615. The van der Waals surface area contributed by atoms with Crippen molar-refractivity contribution in [3.63, 3.8) is 0 Å². The van der Waals surface area contributed by atoms with Gasteiger partial charge in [-0.3, -0.25) is 0 Å². The zero-order chi connectivity index (χ0) is 14.7. The van der Waals surface area contributed by atoms with Gasteiger partial charge in [-0.2, -0.15) is 0 Å². The van der Waals surface area contributed by atoms with Crippen molar-refractivity contribution in [2.75, 3.05) is 21.3 Å². The maximum atomic E-state index is 5.90. The van der Waals surface area contributed by atoms with E-state index in [-0.39, 0.29) is 10.3 Å². The number of benzene rings is 1. The summed E-state index contributed by atoms with van der Waals surface area (Å²) in [6, 6.07) is 4.94. The molecule has 0 spiro atoms. The first kappa shape index (κ1) is 14.7. The molecule has 0 bridgehead atoms. The molecule has 0 saturated heterocycles. The van der Waals surface area contributed by atoms with Gasteiger partial charge in [0.1, 0.15) is 10.3 Å². The first-order valence-corrected chi connectivity index (χ1v) is 6.35. The van der Waals surface area contributed by atoms with E-state index in [1.54, 1.807) is 19.2 Å². The van der Waals surface area contributed by atoms with Gasteiger partial charge in [0.25, 0.3) is 0 Å². The van der Waals surface area contributed by atoms with Crippen LogP contribution in [0.25, 0.3) is 11.4 Å². The molecule has 0 atom stereocenters. The van der Waals surface area contributed by atoms with Crippen LogP contribution in [-0.2, 0) is 0 Å². The third kappa shape index (κ3) is 2.73. The van der Waals surface area contributed by atoms with E-state index in [2.05, 4.69) is 9.97 Å². The van der Waals surface area contributed by atoms with Crippen molar-refractivity contribution in [2.24, 2.45) is 0 Å². The zero-order valence-electron chi connectivity index (χ0n) is 11.1. The summed E-state index contributed by atoms with van der Waals surface area (Å²) >= 11 is 11.8. The van der Waals surface area contributed by atoms with Gasteiger partial charge < -0.3 is 14.2 Å². The summed E-state index contributed by atoms with van der Waals surface area (Å²) in [5, 5.41) is 0.494. The lowest BCUT2D eigenvalue weighted by Crippen LogP contribution is -1.99. The highest BCUT2D eigenvalue weighted by Crippen LogP contribution is 2.43. The predicted molar refractivity (Wildman–Crippen MR) is 77.1 cm³/mol. The van der Waals surface area contributed by atoms with Crippen molar-refractivity contribution in [1.82, 2.24) is 9.97 Å². The quantitative estimate of drug-likeness (QED) is 0.809. The summed E-state index contributed by atoms with van der Waals surface area (Å²) in [5.74, 6) is 1.79. The molecule has 0 saturated carbocycles. The van der Waals surface area contributed by atoms with E-state index in [9.17, 15) is 0 Å². The third-order valence-corrected chi connectivity index (χ3v) is 3.00. The van der Waals surface area contributed by atoms with Crippen LogP contribution in [0.1, 0.15) is 0 Å². The van der Waals surface area contributed by atoms with Crippen molar-refractivity contribution in [3.05, 3.63) is 28.5 Å². The molecule has 1 heterocycles. The number of hydrogen-bond acceptors (Lipinski definition) is 5. The molecule has 1 aromatic heterocycles. The van der Waals surface area contributed by atoms with Gasteiger partial charge in [0, 0.05) is 6.07 Å². The largest absolute Gasteiger partial charge is 0.493 e. The Morgan fingerprint density at radius 1 is 0.850 bits per heavy atom. The van der Waals surface area contributed by atoms with Gasteiger partial charge in [-0.1, -0.05) is 23.2 Å². The SMILES string of the molecule is COc1ccc(-c2nc(Cl)cc(Cl)n2)c(OC)c1OC. The first-order chi connectivity index (χ1) is 9.60. The highest BCUT2D eigenvalue weighted by atomic mass is 35.5. The number of hydrogen-bond donors (Lipinski definition) is 0. The maximum Gasteiger partial charge on any atom is 0.204 e. The predicted octanol–water partition coefficient (Wildman–Crippen LogP) is 3.48. The second-order valence-corrected chi connectivity index (χ2v) is 4.49. The molecule has 20 heavy (non-hydrogen) atoms. The molecule has 0 amide bonds. The lowest BCUT2D eigenvalue weighted by atomic mass is 10.1. The fraction of sp³-hybridized carbons (Fsp3) is 0.231. The molecule has 0 unspecified atom stereocenters. The fourth-order valence-corrected chi connectivity index (χ4v) is 2.21. The number of methoxy groups -OCH3 is 3. The van der Waals surface area contributed by atoms with Gasteiger partial charge in [-0.05, 0) is 12.1 Å². The number of nitrogens with zero attached hydrogens (tertiary/aromatic N) is 2. The van der Waals surface area contributed by atoms with Gasteiger partial charge in [0.15, 0.2) is 17.3 Å². The monoisotopic (exact) mass is 314 g/mol. The van der Waals surface area contributed by atoms with E-state index in [1.807, 2.05) is 0 Å². The highest BCUT2D eigenvalue weighted by Gasteiger charge is 2.19. The molecular weight excluding hydrogens is 303 g/mol. The summed E-state index contributed by atoms with van der Waals surface area (Å²) in [4.78, 5) is 8.27. The molecule has 1 aromatic carbocycles. The molecule has 0 N–H and O–H groups in total. The topological polar surface area (TPSA) is 53.5 Å². The Morgan fingerprint density at radius 2 is 1.45 bits per heavy atom. The van der Waals surface area contributed by atoms with Crippen molar-refractivity contribution in [2.45, 2.75) is 0 Å². The van der Waals surface area contributed by atoms with Gasteiger partial charge in [0.2, 0.25) is 5.75 Å². The molecule has 0 aliphatic rings. The number of ether oxygens (including phenoxy) is 3. The van der Waals surface area contributed by atoms with E-state index < -0.39 is 0 Å². The molecule has 2 aromatic rings. The average molecular weight is 315 g/mol. The molecule has 5 nitrogen and oxygen atoms in total. The fourth-order valence-electron chi connectivity index (χ4n) is 1.79. The molecule has 0 aliphatic heterocycles. The molecular formula is C13H12Cl2N2O3. The first-order valence-electron chi connectivity index (χ1n) is 5.60. The number of halogens is 2. The summed E-state index contributed by atoms with van der Waals surface area (Å²) in [7, 11) is 4.59. The smallest absolute Gasteiger partial charge is 0.204 e. The summed E-state index contributed by atoms with van der Waals surface area (Å²) < 4.78 is 15.9. The van der Waals surface area contributed by atoms with Gasteiger partial charge in [-0.25, -0.2) is 9.97 Å². The number of aromatic nitrogens is 2. The minimum atomic E-state index is 0.247.